The lowest BCUT2D eigenvalue weighted by atomic mass is 10.1. The van der Waals surface area contributed by atoms with Crippen molar-refractivity contribution in [3.63, 3.8) is 0 Å². The van der Waals surface area contributed by atoms with Gasteiger partial charge in [-0.15, -0.1) is 6.58 Å². The number of primary amides is 1. The van der Waals surface area contributed by atoms with Gasteiger partial charge in [0, 0.05) is 23.9 Å². The first-order chi connectivity index (χ1) is 12.3. The summed E-state index contributed by atoms with van der Waals surface area (Å²) in [6.07, 6.45) is 1.23. The van der Waals surface area contributed by atoms with E-state index in [2.05, 4.69) is 11.6 Å². The summed E-state index contributed by atoms with van der Waals surface area (Å²) in [5.74, 6) is -0.487. The predicted octanol–water partition coefficient (Wildman–Crippen LogP) is 4.26. The van der Waals surface area contributed by atoms with Crippen LogP contribution in [-0.2, 0) is 17.7 Å². The number of carbonyl (C=O) groups excluding carboxylic acids is 1. The molecular formula is C18H21F2N3O2S. The Morgan fingerprint density at radius 3 is 2.58 bits per heavy atom. The number of rotatable bonds is 8. The van der Waals surface area contributed by atoms with Gasteiger partial charge in [0.2, 0.25) is 0 Å². The van der Waals surface area contributed by atoms with Crippen LogP contribution < -0.4 is 5.73 Å². The first kappa shape index (κ1) is 20.0. The zero-order valence-corrected chi connectivity index (χ0v) is 15.5. The van der Waals surface area contributed by atoms with Gasteiger partial charge in [-0.3, -0.25) is 0 Å². The minimum atomic E-state index is -0.847. The lowest BCUT2D eigenvalue weighted by molar-refractivity contribution is 0.157. The van der Waals surface area contributed by atoms with E-state index in [1.165, 1.54) is 23.9 Å². The average Bonchev–Trinajstić information content (AvgIpc) is 2.85. The molecule has 0 atom stereocenters. The Labute approximate surface area is 155 Å². The smallest absolute Gasteiger partial charge is 0.404 e. The van der Waals surface area contributed by atoms with E-state index < -0.39 is 17.7 Å². The standard InChI is InChI=1S/C18H21F2N3O2S/c1-4-6-23-15(5-7-25-18(21)24)22-16(11(2)3)17(23)26-14-9-12(19)8-13(20)10-14/h4,8-11H,1,5-7H2,2-3H3,(H2,21,24). The number of allylic oxidation sites excluding steroid dienone is 1. The molecule has 0 unspecified atom stereocenters. The van der Waals surface area contributed by atoms with Gasteiger partial charge in [-0.2, -0.15) is 0 Å². The van der Waals surface area contributed by atoms with Crippen molar-refractivity contribution in [2.45, 2.75) is 42.7 Å². The molecule has 2 N–H and O–H groups in total. The molecule has 1 aromatic carbocycles. The van der Waals surface area contributed by atoms with Crippen molar-refractivity contribution in [1.82, 2.24) is 9.55 Å². The molecule has 0 aliphatic carbocycles. The lowest BCUT2D eigenvalue weighted by Crippen LogP contribution is -2.16. The van der Waals surface area contributed by atoms with Gasteiger partial charge in [-0.1, -0.05) is 31.7 Å². The van der Waals surface area contributed by atoms with Crippen molar-refractivity contribution in [1.29, 1.82) is 0 Å². The summed E-state index contributed by atoms with van der Waals surface area (Å²) < 4.78 is 33.8. The number of hydrogen-bond donors (Lipinski definition) is 1. The van der Waals surface area contributed by atoms with Gasteiger partial charge in [0.25, 0.3) is 0 Å². The molecule has 0 spiro atoms. The van der Waals surface area contributed by atoms with Crippen LogP contribution >= 0.6 is 11.8 Å². The SMILES string of the molecule is C=CCn1c(CCOC(N)=O)nc(C(C)C)c1Sc1cc(F)cc(F)c1. The summed E-state index contributed by atoms with van der Waals surface area (Å²) >= 11 is 1.24. The van der Waals surface area contributed by atoms with Crippen molar-refractivity contribution >= 4 is 17.9 Å². The van der Waals surface area contributed by atoms with E-state index in [-0.39, 0.29) is 12.5 Å². The normalized spacial score (nSPS) is 11.0. The van der Waals surface area contributed by atoms with Crippen LogP contribution in [0.3, 0.4) is 0 Å². The number of carbonyl (C=O) groups is 1. The van der Waals surface area contributed by atoms with E-state index in [0.29, 0.717) is 23.7 Å². The van der Waals surface area contributed by atoms with Crippen LogP contribution in [0.1, 0.15) is 31.3 Å². The fourth-order valence-electron chi connectivity index (χ4n) is 2.44. The van der Waals surface area contributed by atoms with E-state index in [1.807, 2.05) is 18.4 Å². The zero-order chi connectivity index (χ0) is 19.3. The number of hydrogen-bond acceptors (Lipinski definition) is 4. The Balaban J connectivity index is 2.41. The Kier molecular flexibility index (Phi) is 6.79. The van der Waals surface area contributed by atoms with Crippen LogP contribution in [0.25, 0.3) is 0 Å². The first-order valence-corrected chi connectivity index (χ1v) is 8.89. The number of ether oxygens (including phenoxy) is 1. The fraction of sp³-hybridized carbons (Fsp3) is 0.333. The Hall–Kier alpha value is -2.35. The molecule has 5 nitrogen and oxygen atoms in total. The van der Waals surface area contributed by atoms with Crippen molar-refractivity contribution in [3.8, 4) is 0 Å². The van der Waals surface area contributed by atoms with Gasteiger partial charge in [0.15, 0.2) is 0 Å². The topological polar surface area (TPSA) is 70.1 Å². The number of imidazole rings is 1. The van der Waals surface area contributed by atoms with E-state index in [0.717, 1.165) is 16.8 Å². The summed E-state index contributed by atoms with van der Waals surface area (Å²) in [6.45, 7) is 8.29. The van der Waals surface area contributed by atoms with Gasteiger partial charge < -0.3 is 15.0 Å². The molecule has 2 rings (SSSR count). The molecule has 1 amide bonds. The second-order valence-electron chi connectivity index (χ2n) is 5.90. The average molecular weight is 381 g/mol. The molecule has 0 fully saturated rings. The van der Waals surface area contributed by atoms with Gasteiger partial charge in [-0.25, -0.2) is 18.6 Å². The number of nitrogens with zero attached hydrogens (tertiary/aromatic N) is 2. The largest absolute Gasteiger partial charge is 0.449 e. The van der Waals surface area contributed by atoms with Gasteiger partial charge in [0.1, 0.15) is 29.1 Å². The third-order valence-electron chi connectivity index (χ3n) is 3.50. The van der Waals surface area contributed by atoms with Crippen molar-refractivity contribution in [2.24, 2.45) is 5.73 Å². The first-order valence-electron chi connectivity index (χ1n) is 8.08. The third kappa shape index (κ3) is 5.08. The number of benzene rings is 1. The minimum absolute atomic E-state index is 0.0952. The molecule has 0 radical (unpaired) electrons. The highest BCUT2D eigenvalue weighted by Gasteiger charge is 2.20. The summed E-state index contributed by atoms with van der Waals surface area (Å²) in [4.78, 5) is 15.8. The van der Waals surface area contributed by atoms with Crippen LogP contribution in [0.2, 0.25) is 0 Å². The maximum atomic E-state index is 13.5. The van der Waals surface area contributed by atoms with Gasteiger partial charge >= 0.3 is 6.09 Å². The Bertz CT molecular complexity index is 786. The lowest BCUT2D eigenvalue weighted by Gasteiger charge is -2.12. The summed E-state index contributed by atoms with van der Waals surface area (Å²) in [5.41, 5.74) is 5.79. The molecule has 2 aromatic rings. The van der Waals surface area contributed by atoms with E-state index in [1.54, 1.807) is 6.08 Å². The van der Waals surface area contributed by atoms with Crippen LogP contribution in [0.5, 0.6) is 0 Å². The molecule has 140 valence electrons. The summed E-state index contributed by atoms with van der Waals surface area (Å²) in [7, 11) is 0. The number of halogens is 2. The predicted molar refractivity (Wildman–Crippen MR) is 96.2 cm³/mol. The van der Waals surface area contributed by atoms with E-state index in [9.17, 15) is 13.6 Å². The van der Waals surface area contributed by atoms with Gasteiger partial charge in [-0.05, 0) is 18.1 Å². The molecule has 1 heterocycles. The van der Waals surface area contributed by atoms with Crippen LogP contribution in [0, 0.1) is 11.6 Å². The molecule has 1 aromatic heterocycles. The fourth-order valence-corrected chi connectivity index (χ4v) is 3.68. The molecule has 0 saturated heterocycles. The Morgan fingerprint density at radius 2 is 2.04 bits per heavy atom. The summed E-state index contributed by atoms with van der Waals surface area (Å²) in [6, 6.07) is 3.39. The molecule has 0 saturated carbocycles. The highest BCUT2D eigenvalue weighted by atomic mass is 32.2. The maximum absolute atomic E-state index is 13.5. The third-order valence-corrected chi connectivity index (χ3v) is 4.60. The van der Waals surface area contributed by atoms with Crippen molar-refractivity contribution in [2.75, 3.05) is 6.61 Å². The highest BCUT2D eigenvalue weighted by molar-refractivity contribution is 7.99. The van der Waals surface area contributed by atoms with E-state index >= 15 is 0 Å². The monoisotopic (exact) mass is 381 g/mol. The number of aromatic nitrogens is 2. The zero-order valence-electron chi connectivity index (χ0n) is 14.7. The Morgan fingerprint density at radius 1 is 1.38 bits per heavy atom. The second kappa shape index (κ2) is 8.84. The number of amides is 1. The quantitative estimate of drug-likeness (QED) is 0.694. The van der Waals surface area contributed by atoms with E-state index in [4.69, 9.17) is 10.5 Å². The molecule has 26 heavy (non-hydrogen) atoms. The molecule has 8 heteroatoms. The van der Waals surface area contributed by atoms with Crippen molar-refractivity contribution < 1.29 is 18.3 Å². The van der Waals surface area contributed by atoms with Crippen molar-refractivity contribution in [3.05, 3.63) is 54.0 Å². The molecule has 0 aliphatic rings. The van der Waals surface area contributed by atoms with Gasteiger partial charge in [0.05, 0.1) is 5.69 Å². The molecule has 0 aliphatic heterocycles. The van der Waals surface area contributed by atoms with Crippen LogP contribution in [0.4, 0.5) is 13.6 Å². The molecular weight excluding hydrogens is 360 g/mol. The van der Waals surface area contributed by atoms with Crippen LogP contribution in [-0.4, -0.2) is 22.3 Å². The summed E-state index contributed by atoms with van der Waals surface area (Å²) in [5, 5.41) is 0.777. The minimum Gasteiger partial charge on any atom is -0.449 e. The number of nitrogens with two attached hydrogens (primary N) is 1. The second-order valence-corrected chi connectivity index (χ2v) is 6.96. The maximum Gasteiger partial charge on any atom is 0.404 e. The van der Waals surface area contributed by atoms with Crippen LogP contribution in [0.15, 0.2) is 40.8 Å². The highest BCUT2D eigenvalue weighted by Crippen LogP contribution is 2.35. The molecule has 0 bridgehead atoms.